The summed E-state index contributed by atoms with van der Waals surface area (Å²) in [6.07, 6.45) is 7.51. The molecule has 1 amide bonds. The van der Waals surface area contributed by atoms with Crippen molar-refractivity contribution in [2.24, 2.45) is 5.92 Å². The highest BCUT2D eigenvalue weighted by Gasteiger charge is 2.30. The van der Waals surface area contributed by atoms with E-state index >= 15 is 0 Å². The molecule has 2 aliphatic carbocycles. The largest absolute Gasteiger partial charge is 0.495 e. The molecule has 1 aromatic carbocycles. The first-order valence-corrected chi connectivity index (χ1v) is 11.3. The molecule has 0 bridgehead atoms. The Hall–Kier alpha value is -2.62. The molecule has 2 atom stereocenters. The zero-order valence-electron chi connectivity index (χ0n) is 17.2. The number of nitrogens with one attached hydrogen (secondary N) is 1. The average molecular weight is 441 g/mol. The van der Waals surface area contributed by atoms with Gasteiger partial charge in [0.15, 0.2) is 11.0 Å². The zero-order valence-corrected chi connectivity index (χ0v) is 18.0. The number of aromatic nitrogens is 3. The molecule has 2 fully saturated rings. The van der Waals surface area contributed by atoms with Crippen molar-refractivity contribution in [2.45, 2.75) is 50.9 Å². The number of aliphatic hydroxyl groups is 1. The minimum absolute atomic E-state index is 0.0366. The van der Waals surface area contributed by atoms with Crippen molar-refractivity contribution in [3.05, 3.63) is 30.4 Å². The maximum atomic E-state index is 12.1. The molecule has 2 N–H and O–H groups in total. The van der Waals surface area contributed by atoms with Crippen LogP contribution in [0.1, 0.15) is 37.9 Å². The summed E-state index contributed by atoms with van der Waals surface area (Å²) in [7, 11) is 1.62. The predicted octanol–water partition coefficient (Wildman–Crippen LogP) is 3.54. The molecule has 5 rings (SSSR count). The third-order valence-electron chi connectivity index (χ3n) is 5.76. The van der Waals surface area contributed by atoms with Gasteiger partial charge in [-0.05, 0) is 44.2 Å². The number of rotatable bonds is 7. The number of carbonyl (C=O) groups is 1. The molecule has 0 aliphatic heterocycles. The van der Waals surface area contributed by atoms with E-state index < -0.39 is 6.10 Å². The van der Waals surface area contributed by atoms with Crippen molar-refractivity contribution < 1.29 is 19.4 Å². The van der Waals surface area contributed by atoms with Crippen LogP contribution in [0.3, 0.4) is 0 Å². The van der Waals surface area contributed by atoms with Crippen LogP contribution in [0.2, 0.25) is 0 Å². The van der Waals surface area contributed by atoms with Gasteiger partial charge in [-0.15, -0.1) is 0 Å². The van der Waals surface area contributed by atoms with Crippen molar-refractivity contribution in [3.8, 4) is 16.9 Å². The molecule has 2 aliphatic rings. The van der Waals surface area contributed by atoms with Gasteiger partial charge in [-0.1, -0.05) is 11.3 Å². The normalized spacial score (nSPS) is 20.8. The van der Waals surface area contributed by atoms with Gasteiger partial charge in [-0.2, -0.15) is 0 Å². The summed E-state index contributed by atoms with van der Waals surface area (Å²) in [4.78, 5) is 25.4. The first-order valence-electron chi connectivity index (χ1n) is 10.5. The second kappa shape index (κ2) is 8.49. The number of carbonyl (C=O) groups excluding carboxylic acids is 1. The number of thiazole rings is 1. The molecule has 9 heteroatoms. The number of aliphatic hydroxyl groups excluding tert-OH is 1. The van der Waals surface area contributed by atoms with Gasteiger partial charge in [-0.3, -0.25) is 4.79 Å². The molecule has 2 aromatic heterocycles. The molecule has 0 unspecified atom stereocenters. The Morgan fingerprint density at radius 2 is 2.03 bits per heavy atom. The highest BCUT2D eigenvalue weighted by atomic mass is 32.1. The minimum Gasteiger partial charge on any atom is -0.495 e. The molecule has 0 radical (unpaired) electrons. The summed E-state index contributed by atoms with van der Waals surface area (Å²) >= 11 is 1.40. The van der Waals surface area contributed by atoms with E-state index in [9.17, 15) is 9.90 Å². The third kappa shape index (κ3) is 4.26. The number of hydrogen-bond donors (Lipinski definition) is 2. The fourth-order valence-corrected chi connectivity index (χ4v) is 4.85. The van der Waals surface area contributed by atoms with Gasteiger partial charge in [0.2, 0.25) is 5.91 Å². The topological polar surface area (TPSA) is 106 Å². The van der Waals surface area contributed by atoms with E-state index in [1.165, 1.54) is 11.3 Å². The highest BCUT2D eigenvalue weighted by molar-refractivity contribution is 7.22. The monoisotopic (exact) mass is 440 g/mol. The van der Waals surface area contributed by atoms with E-state index in [1.54, 1.807) is 19.5 Å². The van der Waals surface area contributed by atoms with E-state index in [0.717, 1.165) is 53.4 Å². The molecule has 162 valence electrons. The zero-order chi connectivity index (χ0) is 21.4. The van der Waals surface area contributed by atoms with Gasteiger partial charge in [-0.25, -0.2) is 15.0 Å². The number of hydrogen-bond acceptors (Lipinski definition) is 8. The van der Waals surface area contributed by atoms with Gasteiger partial charge in [0.25, 0.3) is 0 Å². The summed E-state index contributed by atoms with van der Waals surface area (Å²) in [6.45, 7) is 0.275. The molecule has 3 aromatic rings. The predicted molar refractivity (Wildman–Crippen MR) is 117 cm³/mol. The van der Waals surface area contributed by atoms with Crippen molar-refractivity contribution >= 4 is 32.6 Å². The van der Waals surface area contributed by atoms with E-state index in [-0.39, 0.29) is 24.5 Å². The summed E-state index contributed by atoms with van der Waals surface area (Å²) in [5.74, 6) is 1.42. The maximum Gasteiger partial charge on any atom is 0.229 e. The van der Waals surface area contributed by atoms with Crippen LogP contribution in [-0.2, 0) is 16.1 Å². The Bertz CT molecular complexity index is 1100. The van der Waals surface area contributed by atoms with Gasteiger partial charge in [0.05, 0.1) is 29.5 Å². The number of anilines is 1. The van der Waals surface area contributed by atoms with Crippen molar-refractivity contribution in [2.75, 3.05) is 12.4 Å². The van der Waals surface area contributed by atoms with Crippen LogP contribution in [0.4, 0.5) is 5.13 Å². The quantitative estimate of drug-likeness (QED) is 0.579. The van der Waals surface area contributed by atoms with Gasteiger partial charge < -0.3 is 19.9 Å². The summed E-state index contributed by atoms with van der Waals surface area (Å²) < 4.78 is 12.3. The van der Waals surface area contributed by atoms with Gasteiger partial charge in [0.1, 0.15) is 12.4 Å². The fourth-order valence-electron chi connectivity index (χ4n) is 3.86. The Kier molecular flexibility index (Phi) is 5.56. The number of ether oxygens (including phenoxy) is 2. The highest BCUT2D eigenvalue weighted by Crippen LogP contribution is 2.41. The lowest BCUT2D eigenvalue weighted by atomic mass is 10.1. The van der Waals surface area contributed by atoms with Crippen LogP contribution in [0.5, 0.6) is 5.75 Å². The Morgan fingerprint density at radius 1 is 1.23 bits per heavy atom. The van der Waals surface area contributed by atoms with Gasteiger partial charge >= 0.3 is 0 Å². The summed E-state index contributed by atoms with van der Waals surface area (Å²) in [5, 5.41) is 13.4. The van der Waals surface area contributed by atoms with E-state index in [4.69, 9.17) is 9.47 Å². The summed E-state index contributed by atoms with van der Waals surface area (Å²) in [5.41, 5.74) is 2.45. The molecule has 0 spiro atoms. The maximum absolute atomic E-state index is 12.1. The fraction of sp³-hybridized carbons (Fsp3) is 0.455. The second-order valence-electron chi connectivity index (χ2n) is 8.01. The van der Waals surface area contributed by atoms with Crippen molar-refractivity contribution in [1.29, 1.82) is 0 Å². The number of benzene rings is 1. The minimum atomic E-state index is -0.395. The first-order chi connectivity index (χ1) is 15.1. The van der Waals surface area contributed by atoms with Gasteiger partial charge in [0, 0.05) is 29.4 Å². The van der Waals surface area contributed by atoms with Crippen LogP contribution in [0.25, 0.3) is 21.3 Å². The molecule has 0 saturated heterocycles. The SMILES string of the molecule is COc1c(-c2cnc(CO[C@H]3CCC[C@@H]3O)nc2)ccc2nc(NC(=O)C3CC3)sc12. The standard InChI is InChI=1S/C22H24N4O4S/c1-29-19-14(7-8-15-20(19)31-22(25-15)26-21(28)12-5-6-12)13-9-23-18(24-10-13)11-30-17-4-2-3-16(17)27/h7-10,12,16-17,27H,2-6,11H2,1H3,(H,25,26,28)/t16-,17-/m0/s1. The van der Waals surface area contributed by atoms with Crippen LogP contribution < -0.4 is 10.1 Å². The first kappa shape index (κ1) is 20.3. The van der Waals surface area contributed by atoms with Crippen LogP contribution in [0, 0.1) is 5.92 Å². The molecule has 2 heterocycles. The summed E-state index contributed by atoms with van der Waals surface area (Å²) in [6, 6.07) is 3.84. The lowest BCUT2D eigenvalue weighted by Gasteiger charge is -2.15. The molecule has 2 saturated carbocycles. The molecular formula is C22H24N4O4S. The van der Waals surface area contributed by atoms with E-state index in [0.29, 0.717) is 16.7 Å². The molecule has 31 heavy (non-hydrogen) atoms. The second-order valence-corrected chi connectivity index (χ2v) is 9.01. The lowest BCUT2D eigenvalue weighted by Crippen LogP contribution is -2.22. The average Bonchev–Trinajstić information content (AvgIpc) is 3.44. The number of methoxy groups -OCH3 is 1. The van der Waals surface area contributed by atoms with Crippen LogP contribution in [0.15, 0.2) is 24.5 Å². The van der Waals surface area contributed by atoms with E-state index in [1.807, 2.05) is 12.1 Å². The third-order valence-corrected chi connectivity index (χ3v) is 6.74. The molecular weight excluding hydrogens is 416 g/mol. The van der Waals surface area contributed by atoms with Crippen LogP contribution >= 0.6 is 11.3 Å². The Morgan fingerprint density at radius 3 is 2.71 bits per heavy atom. The Labute approximate surface area is 183 Å². The number of fused-ring (bicyclic) bond motifs is 1. The van der Waals surface area contributed by atoms with E-state index in [2.05, 4.69) is 20.3 Å². The number of nitrogens with zero attached hydrogens (tertiary/aromatic N) is 3. The van der Waals surface area contributed by atoms with Crippen LogP contribution in [-0.4, -0.2) is 45.3 Å². The molecule has 8 nitrogen and oxygen atoms in total. The van der Waals surface area contributed by atoms with Crippen molar-refractivity contribution in [1.82, 2.24) is 15.0 Å². The Balaban J connectivity index is 1.35. The van der Waals surface area contributed by atoms with Crippen molar-refractivity contribution in [3.63, 3.8) is 0 Å². The number of amides is 1. The lowest BCUT2D eigenvalue weighted by molar-refractivity contribution is -0.117. The smallest absolute Gasteiger partial charge is 0.229 e.